The summed E-state index contributed by atoms with van der Waals surface area (Å²) in [6.45, 7) is 6.17. The van der Waals surface area contributed by atoms with Crippen LogP contribution in [-0.2, 0) is 11.2 Å². The van der Waals surface area contributed by atoms with E-state index in [0.717, 1.165) is 35.0 Å². The summed E-state index contributed by atoms with van der Waals surface area (Å²) in [5.74, 6) is -0.224. The van der Waals surface area contributed by atoms with Crippen LogP contribution in [0.2, 0.25) is 0 Å². The molecule has 0 unspecified atom stereocenters. The Labute approximate surface area is 159 Å². The van der Waals surface area contributed by atoms with Crippen molar-refractivity contribution in [1.82, 2.24) is 0 Å². The van der Waals surface area contributed by atoms with E-state index in [1.54, 1.807) is 0 Å². The second-order valence-corrected chi connectivity index (χ2v) is 7.71. The van der Waals surface area contributed by atoms with Crippen LogP contribution >= 0.6 is 11.8 Å². The smallest absolute Gasteiger partial charge is 0.295 e. The maximum atomic E-state index is 12.7. The molecule has 2 amide bonds. The number of carbonyl (C=O) groups is 2. The molecule has 1 saturated heterocycles. The summed E-state index contributed by atoms with van der Waals surface area (Å²) in [4.78, 5) is 26.4. The first-order valence-corrected chi connectivity index (χ1v) is 9.85. The molecule has 0 aliphatic carbocycles. The molecule has 2 aromatic rings. The van der Waals surface area contributed by atoms with E-state index < -0.39 is 5.37 Å². The zero-order chi connectivity index (χ0) is 18.7. The minimum Gasteiger partial charge on any atom is -0.365 e. The quantitative estimate of drug-likeness (QED) is 0.753. The van der Waals surface area contributed by atoms with Gasteiger partial charge in [-0.05, 0) is 79.4 Å². The van der Waals surface area contributed by atoms with Crippen molar-refractivity contribution in [2.45, 2.75) is 45.4 Å². The van der Waals surface area contributed by atoms with Crippen molar-refractivity contribution in [2.24, 2.45) is 0 Å². The van der Waals surface area contributed by atoms with Crippen LogP contribution in [0.3, 0.4) is 0 Å². The van der Waals surface area contributed by atoms with Gasteiger partial charge in [-0.3, -0.25) is 9.59 Å². The first-order chi connectivity index (χ1) is 12.5. The average molecular weight is 369 g/mol. The molecule has 0 radical (unpaired) electrons. The third-order valence-corrected chi connectivity index (χ3v) is 5.60. The number of imide groups is 1. The number of amides is 2. The molecular formula is C21H24N2O2S. The third-order valence-electron chi connectivity index (χ3n) is 4.67. The zero-order valence-corrected chi connectivity index (χ0v) is 16.2. The van der Waals surface area contributed by atoms with Gasteiger partial charge in [-0.15, -0.1) is 0 Å². The van der Waals surface area contributed by atoms with Gasteiger partial charge in [-0.25, -0.2) is 4.90 Å². The van der Waals surface area contributed by atoms with Crippen LogP contribution in [0.1, 0.15) is 36.5 Å². The van der Waals surface area contributed by atoms with Gasteiger partial charge in [0.25, 0.3) is 11.1 Å². The lowest BCUT2D eigenvalue weighted by atomic mass is 10.1. The lowest BCUT2D eigenvalue weighted by Crippen LogP contribution is -2.34. The molecule has 0 bridgehead atoms. The number of benzene rings is 2. The van der Waals surface area contributed by atoms with Gasteiger partial charge in [-0.1, -0.05) is 31.5 Å². The van der Waals surface area contributed by atoms with Gasteiger partial charge in [0.15, 0.2) is 5.37 Å². The molecule has 1 atom stereocenters. The topological polar surface area (TPSA) is 49.4 Å². The van der Waals surface area contributed by atoms with Crippen LogP contribution < -0.4 is 10.2 Å². The highest BCUT2D eigenvalue weighted by Crippen LogP contribution is 2.33. The van der Waals surface area contributed by atoms with Crippen LogP contribution in [0, 0.1) is 13.8 Å². The highest BCUT2D eigenvalue weighted by atomic mass is 32.2. The Morgan fingerprint density at radius 3 is 2.42 bits per heavy atom. The minimum atomic E-state index is -0.592. The van der Waals surface area contributed by atoms with Crippen LogP contribution in [0.5, 0.6) is 0 Å². The number of thioether (sulfide) groups is 1. The molecular weight excluding hydrogens is 344 g/mol. The van der Waals surface area contributed by atoms with Crippen molar-refractivity contribution >= 4 is 34.3 Å². The first kappa shape index (κ1) is 18.5. The van der Waals surface area contributed by atoms with E-state index in [1.165, 1.54) is 23.3 Å². The fourth-order valence-electron chi connectivity index (χ4n) is 2.90. The fourth-order valence-corrected chi connectivity index (χ4v) is 3.80. The molecule has 1 fully saturated rings. The van der Waals surface area contributed by atoms with Crippen LogP contribution in [0.15, 0.2) is 42.5 Å². The largest absolute Gasteiger partial charge is 0.365 e. The second-order valence-electron chi connectivity index (χ2n) is 6.65. The zero-order valence-electron chi connectivity index (χ0n) is 15.4. The molecule has 5 heteroatoms. The molecule has 1 N–H and O–H groups in total. The van der Waals surface area contributed by atoms with Crippen LogP contribution in [-0.4, -0.2) is 16.5 Å². The predicted octanol–water partition coefficient (Wildman–Crippen LogP) is 5.28. The number of rotatable bonds is 6. The van der Waals surface area contributed by atoms with Gasteiger partial charge in [-0.2, -0.15) is 0 Å². The Balaban J connectivity index is 1.71. The summed E-state index contributed by atoms with van der Waals surface area (Å²) >= 11 is 1.03. The number of unbranched alkanes of at least 4 members (excludes halogenated alkanes) is 1. The Bertz CT molecular complexity index is 817. The summed E-state index contributed by atoms with van der Waals surface area (Å²) in [6, 6.07) is 13.7. The van der Waals surface area contributed by atoms with E-state index in [2.05, 4.69) is 24.4 Å². The number of anilines is 2. The molecule has 136 valence electrons. The minimum absolute atomic E-state index is 0.224. The average Bonchev–Trinajstić information content (AvgIpc) is 2.90. The lowest BCUT2D eigenvalue weighted by Gasteiger charge is -2.16. The summed E-state index contributed by atoms with van der Waals surface area (Å²) < 4.78 is 0. The van der Waals surface area contributed by atoms with E-state index >= 15 is 0 Å². The molecule has 1 heterocycles. The predicted molar refractivity (Wildman–Crippen MR) is 109 cm³/mol. The molecule has 2 aromatic carbocycles. The number of carbonyl (C=O) groups excluding carboxylic acids is 2. The molecule has 4 nitrogen and oxygen atoms in total. The van der Waals surface area contributed by atoms with Crippen molar-refractivity contribution < 1.29 is 9.59 Å². The first-order valence-electron chi connectivity index (χ1n) is 8.97. The van der Waals surface area contributed by atoms with Crippen molar-refractivity contribution in [2.75, 3.05) is 10.2 Å². The maximum absolute atomic E-state index is 12.7. The number of hydrogen-bond donors (Lipinski definition) is 1. The lowest BCUT2D eigenvalue weighted by molar-refractivity contribution is -0.116. The van der Waals surface area contributed by atoms with Crippen molar-refractivity contribution in [3.05, 3.63) is 59.2 Å². The van der Waals surface area contributed by atoms with Gasteiger partial charge in [0.05, 0.1) is 5.69 Å². The molecule has 0 saturated carbocycles. The van der Waals surface area contributed by atoms with E-state index in [0.29, 0.717) is 5.69 Å². The summed E-state index contributed by atoms with van der Waals surface area (Å²) in [7, 11) is 0. The normalized spacial score (nSPS) is 17.0. The van der Waals surface area contributed by atoms with E-state index in [4.69, 9.17) is 0 Å². The van der Waals surface area contributed by atoms with Gasteiger partial charge in [0, 0.05) is 5.69 Å². The van der Waals surface area contributed by atoms with Crippen molar-refractivity contribution in [3.63, 3.8) is 0 Å². The summed E-state index contributed by atoms with van der Waals surface area (Å²) in [5.41, 5.74) is 4.97. The van der Waals surface area contributed by atoms with Crippen molar-refractivity contribution in [3.8, 4) is 0 Å². The summed E-state index contributed by atoms with van der Waals surface area (Å²) in [6.07, 6.45) is 3.40. The number of nitrogens with zero attached hydrogens (tertiary/aromatic N) is 1. The van der Waals surface area contributed by atoms with E-state index in [9.17, 15) is 9.59 Å². The Hall–Kier alpha value is -2.27. The van der Waals surface area contributed by atoms with Gasteiger partial charge in [0.2, 0.25) is 0 Å². The van der Waals surface area contributed by atoms with Crippen molar-refractivity contribution in [1.29, 1.82) is 0 Å². The highest BCUT2D eigenvalue weighted by Gasteiger charge is 2.40. The number of hydrogen-bond acceptors (Lipinski definition) is 4. The molecule has 26 heavy (non-hydrogen) atoms. The number of nitrogens with one attached hydrogen (secondary N) is 1. The molecule has 1 aliphatic rings. The Morgan fingerprint density at radius 1 is 1.04 bits per heavy atom. The highest BCUT2D eigenvalue weighted by molar-refractivity contribution is 8.16. The summed E-state index contributed by atoms with van der Waals surface area (Å²) in [5, 5.41) is 2.35. The van der Waals surface area contributed by atoms with Crippen LogP contribution in [0.4, 0.5) is 16.2 Å². The van der Waals surface area contributed by atoms with E-state index in [1.807, 2.05) is 44.2 Å². The van der Waals surface area contributed by atoms with E-state index in [-0.39, 0.29) is 11.1 Å². The standard InChI is InChI=1S/C21H24N2O2S/c1-4-5-6-16-8-10-17(11-9-16)22-19-20(24)23(21(25)26-19)18-12-7-14(2)15(3)13-18/h7-13,19,22H,4-6H2,1-3H3/t19-/m1/s1. The molecule has 0 aromatic heterocycles. The number of aryl methyl sites for hydroxylation is 3. The Morgan fingerprint density at radius 2 is 1.77 bits per heavy atom. The molecule has 0 spiro atoms. The van der Waals surface area contributed by atoms with Crippen LogP contribution in [0.25, 0.3) is 0 Å². The van der Waals surface area contributed by atoms with Gasteiger partial charge in [0.1, 0.15) is 0 Å². The SMILES string of the molecule is CCCCc1ccc(N[C@@H]2SC(=O)N(c3ccc(C)c(C)c3)C2=O)cc1. The monoisotopic (exact) mass is 368 g/mol. The van der Waals surface area contributed by atoms with Gasteiger partial charge < -0.3 is 5.32 Å². The molecule has 3 rings (SSSR count). The maximum Gasteiger partial charge on any atom is 0.295 e. The second kappa shape index (κ2) is 7.96. The fraction of sp³-hybridized carbons (Fsp3) is 0.333. The molecule has 1 aliphatic heterocycles. The Kier molecular flexibility index (Phi) is 5.67. The van der Waals surface area contributed by atoms with Gasteiger partial charge >= 0.3 is 0 Å². The third kappa shape index (κ3) is 3.93.